The second kappa shape index (κ2) is 5.69. The van der Waals surface area contributed by atoms with E-state index in [1.54, 1.807) is 6.07 Å². The molecule has 1 aromatic rings. The molecule has 0 amide bonds. The van der Waals surface area contributed by atoms with Crippen LogP contribution in [0.4, 0.5) is 4.39 Å². The summed E-state index contributed by atoms with van der Waals surface area (Å²) >= 11 is 0. The Labute approximate surface area is 127 Å². The van der Waals surface area contributed by atoms with Crippen molar-refractivity contribution < 1.29 is 9.13 Å². The first kappa shape index (κ1) is 15.0. The topological polar surface area (TPSA) is 21.3 Å². The fourth-order valence-electron chi connectivity index (χ4n) is 4.19. The first-order chi connectivity index (χ1) is 10.0. The Kier molecular flexibility index (Phi) is 4.06. The van der Waals surface area contributed by atoms with E-state index in [1.165, 1.54) is 6.07 Å². The van der Waals surface area contributed by atoms with Crippen molar-refractivity contribution in [1.82, 2.24) is 5.32 Å². The van der Waals surface area contributed by atoms with Crippen LogP contribution in [0, 0.1) is 11.2 Å². The van der Waals surface area contributed by atoms with Crippen molar-refractivity contribution in [3.63, 3.8) is 0 Å². The molecule has 0 atom stereocenters. The normalized spacial score (nSPS) is 23.2. The molecular weight excluding hydrogens is 265 g/mol. The zero-order valence-corrected chi connectivity index (χ0v) is 13.1. The lowest BCUT2D eigenvalue weighted by Gasteiger charge is -2.58. The summed E-state index contributed by atoms with van der Waals surface area (Å²) in [4.78, 5) is 0. The lowest BCUT2D eigenvalue weighted by molar-refractivity contribution is -0.0741. The highest BCUT2D eigenvalue weighted by Gasteiger charge is 2.55. The van der Waals surface area contributed by atoms with E-state index >= 15 is 0 Å². The zero-order valence-electron chi connectivity index (χ0n) is 13.1. The van der Waals surface area contributed by atoms with E-state index in [4.69, 9.17) is 4.74 Å². The maximum Gasteiger partial charge on any atom is 0.123 e. The van der Waals surface area contributed by atoms with Crippen molar-refractivity contribution in [3.05, 3.63) is 35.6 Å². The van der Waals surface area contributed by atoms with E-state index in [1.807, 2.05) is 6.07 Å². The average molecular weight is 291 g/mol. The molecule has 2 aliphatic rings. The average Bonchev–Trinajstić information content (AvgIpc) is 2.43. The first-order valence-corrected chi connectivity index (χ1v) is 8.11. The van der Waals surface area contributed by atoms with Gasteiger partial charge in [-0.05, 0) is 48.8 Å². The third-order valence-electron chi connectivity index (χ3n) is 5.27. The number of nitrogens with one attached hydrogen (secondary N) is 1. The highest BCUT2D eigenvalue weighted by atomic mass is 19.1. The fraction of sp³-hybridized carbons (Fsp3) is 0.667. The molecule has 2 fully saturated rings. The van der Waals surface area contributed by atoms with Crippen molar-refractivity contribution in [3.8, 4) is 0 Å². The van der Waals surface area contributed by atoms with Crippen LogP contribution < -0.4 is 5.32 Å². The Morgan fingerprint density at radius 3 is 2.57 bits per heavy atom. The Bertz CT molecular complexity index is 486. The van der Waals surface area contributed by atoms with Gasteiger partial charge in [0, 0.05) is 31.2 Å². The predicted octanol–water partition coefficient (Wildman–Crippen LogP) is 3.65. The highest BCUT2D eigenvalue weighted by Crippen LogP contribution is 2.60. The van der Waals surface area contributed by atoms with Crippen LogP contribution >= 0.6 is 0 Å². The van der Waals surface area contributed by atoms with Crippen molar-refractivity contribution >= 4 is 0 Å². The van der Waals surface area contributed by atoms with E-state index in [-0.39, 0.29) is 11.2 Å². The molecule has 0 bridgehead atoms. The number of rotatable bonds is 4. The predicted molar refractivity (Wildman–Crippen MR) is 82.9 cm³/mol. The van der Waals surface area contributed by atoms with Gasteiger partial charge in [0.25, 0.3) is 0 Å². The van der Waals surface area contributed by atoms with Gasteiger partial charge in [0.05, 0.1) is 0 Å². The lowest BCUT2D eigenvalue weighted by Crippen LogP contribution is -2.57. The van der Waals surface area contributed by atoms with E-state index < -0.39 is 0 Å². The number of hydrogen-bond donors (Lipinski definition) is 1. The van der Waals surface area contributed by atoms with Crippen LogP contribution in [0.1, 0.15) is 45.1 Å². The van der Waals surface area contributed by atoms with Crippen LogP contribution in [0.15, 0.2) is 24.3 Å². The van der Waals surface area contributed by atoms with Gasteiger partial charge in [-0.15, -0.1) is 0 Å². The van der Waals surface area contributed by atoms with Gasteiger partial charge in [-0.3, -0.25) is 0 Å². The molecule has 21 heavy (non-hydrogen) atoms. The standard InChI is InChI=1S/C18H26FNO/c1-14(2)20-13-18(15-4-3-5-16(19)10-15)11-17(12-18)6-8-21-9-7-17/h3-5,10,14,20H,6-9,11-13H2,1-2H3. The smallest absolute Gasteiger partial charge is 0.123 e. The molecule has 1 heterocycles. The summed E-state index contributed by atoms with van der Waals surface area (Å²) < 4.78 is 19.2. The summed E-state index contributed by atoms with van der Waals surface area (Å²) in [7, 11) is 0. The maximum atomic E-state index is 13.7. The molecule has 2 nitrogen and oxygen atoms in total. The van der Waals surface area contributed by atoms with Crippen LogP contribution in [-0.2, 0) is 10.2 Å². The highest BCUT2D eigenvalue weighted by molar-refractivity contribution is 5.32. The van der Waals surface area contributed by atoms with E-state index in [0.29, 0.717) is 11.5 Å². The molecule has 1 aliphatic heterocycles. The minimum atomic E-state index is -0.121. The second-order valence-corrected chi connectivity index (χ2v) is 7.29. The van der Waals surface area contributed by atoms with E-state index in [0.717, 1.165) is 51.0 Å². The van der Waals surface area contributed by atoms with Gasteiger partial charge in [-0.25, -0.2) is 4.39 Å². The SMILES string of the molecule is CC(C)NCC1(c2cccc(F)c2)CC2(CCOCC2)C1. The zero-order chi connectivity index (χ0) is 14.9. The van der Waals surface area contributed by atoms with Crippen LogP contribution in [0.5, 0.6) is 0 Å². The molecule has 1 saturated heterocycles. The third-order valence-corrected chi connectivity index (χ3v) is 5.27. The van der Waals surface area contributed by atoms with Crippen LogP contribution in [0.3, 0.4) is 0 Å². The van der Waals surface area contributed by atoms with Crippen molar-refractivity contribution in [2.24, 2.45) is 5.41 Å². The van der Waals surface area contributed by atoms with Gasteiger partial charge >= 0.3 is 0 Å². The van der Waals surface area contributed by atoms with Crippen LogP contribution in [0.25, 0.3) is 0 Å². The summed E-state index contributed by atoms with van der Waals surface area (Å²) in [5, 5.41) is 3.57. The van der Waals surface area contributed by atoms with Crippen LogP contribution in [0.2, 0.25) is 0 Å². The Morgan fingerprint density at radius 2 is 1.95 bits per heavy atom. The van der Waals surface area contributed by atoms with Gasteiger partial charge in [0.15, 0.2) is 0 Å². The van der Waals surface area contributed by atoms with Gasteiger partial charge in [-0.1, -0.05) is 26.0 Å². The summed E-state index contributed by atoms with van der Waals surface area (Å²) in [6, 6.07) is 7.67. The van der Waals surface area contributed by atoms with E-state index in [2.05, 4.69) is 25.2 Å². The molecule has 1 aromatic carbocycles. The minimum absolute atomic E-state index is 0.101. The van der Waals surface area contributed by atoms with Gasteiger partial charge in [-0.2, -0.15) is 0 Å². The van der Waals surface area contributed by atoms with Gasteiger partial charge < -0.3 is 10.1 Å². The lowest BCUT2D eigenvalue weighted by atomic mass is 9.48. The Balaban J connectivity index is 1.80. The van der Waals surface area contributed by atoms with Crippen molar-refractivity contribution in [2.45, 2.75) is 51.0 Å². The van der Waals surface area contributed by atoms with Crippen molar-refractivity contribution in [2.75, 3.05) is 19.8 Å². The van der Waals surface area contributed by atoms with Crippen molar-refractivity contribution in [1.29, 1.82) is 0 Å². The molecule has 1 saturated carbocycles. The Morgan fingerprint density at radius 1 is 1.24 bits per heavy atom. The molecule has 1 aliphatic carbocycles. The molecule has 0 aromatic heterocycles. The third kappa shape index (κ3) is 3.00. The molecule has 1 spiro atoms. The van der Waals surface area contributed by atoms with Crippen LogP contribution in [-0.4, -0.2) is 25.8 Å². The molecule has 3 heteroatoms. The second-order valence-electron chi connectivity index (χ2n) is 7.29. The Hall–Kier alpha value is -0.930. The molecular formula is C18H26FNO. The fourth-order valence-corrected chi connectivity index (χ4v) is 4.19. The molecule has 0 unspecified atom stereocenters. The summed E-state index contributed by atoms with van der Waals surface area (Å²) in [6.45, 7) is 7.05. The summed E-state index contributed by atoms with van der Waals surface area (Å²) in [5.74, 6) is -0.121. The quantitative estimate of drug-likeness (QED) is 0.914. The monoisotopic (exact) mass is 291 g/mol. The molecule has 1 N–H and O–H groups in total. The molecule has 0 radical (unpaired) electrons. The molecule has 3 rings (SSSR count). The minimum Gasteiger partial charge on any atom is -0.381 e. The number of halogens is 1. The number of hydrogen-bond acceptors (Lipinski definition) is 2. The number of ether oxygens (including phenoxy) is 1. The maximum absolute atomic E-state index is 13.7. The molecule has 116 valence electrons. The first-order valence-electron chi connectivity index (χ1n) is 8.11. The summed E-state index contributed by atoms with van der Waals surface area (Å²) in [5.41, 5.74) is 1.69. The van der Waals surface area contributed by atoms with Gasteiger partial charge in [0.2, 0.25) is 0 Å². The number of benzene rings is 1. The van der Waals surface area contributed by atoms with E-state index in [9.17, 15) is 4.39 Å². The summed E-state index contributed by atoms with van der Waals surface area (Å²) in [6.07, 6.45) is 4.64. The van der Waals surface area contributed by atoms with Gasteiger partial charge in [0.1, 0.15) is 5.82 Å². The largest absolute Gasteiger partial charge is 0.381 e.